The van der Waals surface area contributed by atoms with Crippen LogP contribution in [0.3, 0.4) is 0 Å². The van der Waals surface area contributed by atoms with Gasteiger partial charge in [-0.15, -0.1) is 0 Å². The number of Topliss-reactive ketones (excluding diaryl/α,β-unsaturated/α-hetero) is 1. The van der Waals surface area contributed by atoms with Gasteiger partial charge in [0.15, 0.2) is 0 Å². The van der Waals surface area contributed by atoms with E-state index >= 15 is 0 Å². The quantitative estimate of drug-likeness (QED) is 0.385. The molecule has 0 aromatic heterocycles. The summed E-state index contributed by atoms with van der Waals surface area (Å²) in [7, 11) is 6.33. The molecule has 0 fully saturated rings. The summed E-state index contributed by atoms with van der Waals surface area (Å²) in [5, 5.41) is 2.73. The maximum absolute atomic E-state index is 11.2. The van der Waals surface area contributed by atoms with Crippen molar-refractivity contribution in [2.45, 2.75) is 6.42 Å². The van der Waals surface area contributed by atoms with Crippen molar-refractivity contribution in [2.75, 3.05) is 32.2 Å². The molecule has 0 unspecified atom stereocenters. The van der Waals surface area contributed by atoms with E-state index in [1.807, 2.05) is 6.26 Å². The Labute approximate surface area is 101 Å². The number of hydrogen-bond acceptors (Lipinski definition) is 7. The van der Waals surface area contributed by atoms with Gasteiger partial charge in [-0.05, 0) is 16.1 Å². The topological polar surface area (TPSA) is 55.4 Å². The fourth-order valence-electron chi connectivity index (χ4n) is 0.702. The number of esters is 1. The molecule has 7 heteroatoms. The first-order chi connectivity index (χ1) is 7.20. The number of rotatable bonds is 9. The minimum absolute atomic E-state index is 0.0922. The molecule has 0 aliphatic rings. The summed E-state index contributed by atoms with van der Waals surface area (Å²) in [6, 6.07) is 0. The number of ether oxygens (including phenoxy) is 1. The monoisotopic (exact) mass is 269 g/mol. The van der Waals surface area contributed by atoms with E-state index in [9.17, 15) is 9.59 Å². The highest BCUT2D eigenvalue weighted by Crippen LogP contribution is 2.32. The Kier molecular flexibility index (Phi) is 10.8. The number of methoxy groups -OCH3 is 1. The van der Waals surface area contributed by atoms with E-state index in [1.165, 1.54) is 7.11 Å². The second-order valence-electron chi connectivity index (χ2n) is 2.53. The Hall–Kier alpha value is 0.150. The molecule has 0 atom stereocenters. The molecule has 0 aliphatic heterocycles. The van der Waals surface area contributed by atoms with Crippen LogP contribution in [0.25, 0.3) is 0 Å². The molecule has 0 aliphatic carbocycles. The number of ketones is 1. The van der Waals surface area contributed by atoms with Gasteiger partial charge < -0.3 is 10.1 Å². The number of hydrogen-bond donors (Lipinski definition) is 1. The number of nitrogens with one attached hydrogen (secondary N) is 1. The summed E-state index contributed by atoms with van der Waals surface area (Å²) >= 11 is 0. The molecule has 0 aromatic carbocycles. The Balaban J connectivity index is 3.29. The van der Waals surface area contributed by atoms with Gasteiger partial charge in [0.2, 0.25) is 0 Å². The van der Waals surface area contributed by atoms with E-state index in [0.29, 0.717) is 6.42 Å². The van der Waals surface area contributed by atoms with E-state index in [4.69, 9.17) is 0 Å². The van der Waals surface area contributed by atoms with Crippen molar-refractivity contribution >= 4 is 43.2 Å². The van der Waals surface area contributed by atoms with Crippen LogP contribution in [0.15, 0.2) is 0 Å². The summed E-state index contributed by atoms with van der Waals surface area (Å²) in [4.78, 5) is 21.9. The third-order valence-electron chi connectivity index (χ3n) is 1.40. The van der Waals surface area contributed by atoms with E-state index in [0.717, 1.165) is 5.75 Å². The van der Waals surface area contributed by atoms with Crippen molar-refractivity contribution < 1.29 is 14.3 Å². The van der Waals surface area contributed by atoms with E-state index in [2.05, 4.69) is 10.1 Å². The summed E-state index contributed by atoms with van der Waals surface area (Å²) in [6.07, 6.45) is 2.53. The van der Waals surface area contributed by atoms with E-state index in [1.54, 1.807) is 31.4 Å². The van der Waals surface area contributed by atoms with Gasteiger partial charge in [-0.25, -0.2) is 0 Å². The highest BCUT2D eigenvalue weighted by molar-refractivity contribution is 9.09. The largest absolute Gasteiger partial charge is 0.468 e. The van der Waals surface area contributed by atoms with Crippen molar-refractivity contribution in [2.24, 2.45) is 0 Å². The molecular formula is C8H15NO3S3. The zero-order chi connectivity index (χ0) is 11.5. The maximum atomic E-state index is 11.2. The highest BCUT2D eigenvalue weighted by Gasteiger charge is 2.04. The van der Waals surface area contributed by atoms with Gasteiger partial charge in [0, 0.05) is 12.2 Å². The van der Waals surface area contributed by atoms with Gasteiger partial charge in [-0.2, -0.15) is 0 Å². The summed E-state index contributed by atoms with van der Waals surface area (Å²) < 4.78 is 4.42. The molecule has 0 amide bonds. The van der Waals surface area contributed by atoms with Crippen LogP contribution in [0.5, 0.6) is 0 Å². The predicted octanol–water partition coefficient (Wildman–Crippen LogP) is 1.37. The molecule has 1 N–H and O–H groups in total. The fourth-order valence-corrected chi connectivity index (χ4v) is 3.40. The Morgan fingerprint density at radius 2 is 2.07 bits per heavy atom. The third kappa shape index (κ3) is 10.4. The first-order valence-corrected chi connectivity index (χ1v) is 8.38. The molecule has 15 heavy (non-hydrogen) atoms. The van der Waals surface area contributed by atoms with Gasteiger partial charge >= 0.3 is 5.97 Å². The van der Waals surface area contributed by atoms with Gasteiger partial charge in [0.05, 0.1) is 20.2 Å². The van der Waals surface area contributed by atoms with Crippen LogP contribution in [0, 0.1) is 0 Å². The van der Waals surface area contributed by atoms with Crippen LogP contribution in [0.2, 0.25) is 0 Å². The lowest BCUT2D eigenvalue weighted by Gasteiger charge is -2.02. The molecule has 0 spiro atoms. The minimum Gasteiger partial charge on any atom is -0.468 e. The summed E-state index contributed by atoms with van der Waals surface area (Å²) in [5.41, 5.74) is 0. The van der Waals surface area contributed by atoms with Crippen molar-refractivity contribution in [1.82, 2.24) is 5.32 Å². The summed E-state index contributed by atoms with van der Waals surface area (Å²) in [6.45, 7) is 0.328. The number of carbonyl (C=O) groups is 2. The molecule has 4 nitrogen and oxygen atoms in total. The van der Waals surface area contributed by atoms with Gasteiger partial charge in [0.25, 0.3) is 0 Å². The first kappa shape index (κ1) is 15.2. The van der Waals surface area contributed by atoms with E-state index in [-0.39, 0.29) is 24.8 Å². The van der Waals surface area contributed by atoms with Crippen LogP contribution >= 0.6 is 31.4 Å². The highest BCUT2D eigenvalue weighted by atomic mass is 33.5. The predicted molar refractivity (Wildman–Crippen MR) is 68.1 cm³/mol. The first-order valence-electron chi connectivity index (χ1n) is 4.32. The zero-order valence-corrected chi connectivity index (χ0v) is 11.2. The Morgan fingerprint density at radius 1 is 1.33 bits per heavy atom. The maximum Gasteiger partial charge on any atom is 0.319 e. The van der Waals surface area contributed by atoms with Crippen molar-refractivity contribution in [1.29, 1.82) is 0 Å². The summed E-state index contributed by atoms with van der Waals surface area (Å²) in [5.74, 6) is 0.577. The second kappa shape index (κ2) is 10.7. The fraction of sp³-hybridized carbons (Fsp3) is 0.750. The molecule has 0 heterocycles. The lowest BCUT2D eigenvalue weighted by atomic mass is 10.3. The minimum atomic E-state index is -0.352. The molecule has 0 saturated carbocycles. The lowest BCUT2D eigenvalue weighted by molar-refractivity contribution is -0.139. The number of carbonyl (C=O) groups excluding carboxylic acids is 2. The van der Waals surface area contributed by atoms with Crippen LogP contribution < -0.4 is 5.32 Å². The molecular weight excluding hydrogens is 254 g/mol. The molecule has 88 valence electrons. The lowest BCUT2D eigenvalue weighted by Crippen LogP contribution is -2.29. The normalized spacial score (nSPS) is 10.0. The van der Waals surface area contributed by atoms with Crippen LogP contribution in [-0.2, 0) is 14.3 Å². The van der Waals surface area contributed by atoms with Crippen LogP contribution in [0.1, 0.15) is 6.42 Å². The smallest absolute Gasteiger partial charge is 0.319 e. The third-order valence-corrected chi connectivity index (χ3v) is 5.29. The molecule has 0 bridgehead atoms. The average molecular weight is 269 g/mol. The van der Waals surface area contributed by atoms with Crippen LogP contribution in [0.4, 0.5) is 0 Å². The van der Waals surface area contributed by atoms with E-state index < -0.39 is 0 Å². The molecule has 0 aromatic rings. The standard InChI is InChI=1S/C8H15NO3S3/c1-12-8(11)6-9-5-7(10)3-4-14-15-13-2/h9H,3-6H2,1-2H3. The van der Waals surface area contributed by atoms with Gasteiger partial charge in [0.1, 0.15) is 5.78 Å². The Bertz CT molecular complexity index is 202. The zero-order valence-electron chi connectivity index (χ0n) is 8.78. The SMILES string of the molecule is COC(=O)CNCC(=O)CCSSSC. The van der Waals surface area contributed by atoms with Crippen molar-refractivity contribution in [3.05, 3.63) is 0 Å². The van der Waals surface area contributed by atoms with Gasteiger partial charge in [-0.1, -0.05) is 21.6 Å². The van der Waals surface area contributed by atoms with Crippen molar-refractivity contribution in [3.63, 3.8) is 0 Å². The second-order valence-corrected chi connectivity index (χ2v) is 6.98. The molecule has 0 rings (SSSR count). The molecule has 0 radical (unpaired) electrons. The van der Waals surface area contributed by atoms with Crippen LogP contribution in [-0.4, -0.2) is 44.0 Å². The Morgan fingerprint density at radius 3 is 2.67 bits per heavy atom. The average Bonchev–Trinajstić information content (AvgIpc) is 2.24. The van der Waals surface area contributed by atoms with Gasteiger partial charge in [-0.3, -0.25) is 9.59 Å². The molecule has 0 saturated heterocycles. The van der Waals surface area contributed by atoms with Crippen molar-refractivity contribution in [3.8, 4) is 0 Å².